The first-order valence-corrected chi connectivity index (χ1v) is 15.1. The lowest BCUT2D eigenvalue weighted by atomic mass is 10.1. The van der Waals surface area contributed by atoms with E-state index < -0.39 is 28.5 Å². The zero-order valence-corrected chi connectivity index (χ0v) is 25.6. The summed E-state index contributed by atoms with van der Waals surface area (Å²) in [6, 6.07) is 16.4. The van der Waals surface area contributed by atoms with Crippen molar-refractivity contribution in [3.63, 3.8) is 0 Å². The van der Waals surface area contributed by atoms with Gasteiger partial charge in [0.25, 0.3) is 10.0 Å². The van der Waals surface area contributed by atoms with Crippen LogP contribution in [0.1, 0.15) is 25.8 Å². The van der Waals surface area contributed by atoms with Crippen LogP contribution in [-0.4, -0.2) is 58.5 Å². The molecule has 0 saturated heterocycles. The fourth-order valence-electron chi connectivity index (χ4n) is 4.27. The first kappa shape index (κ1) is 32.0. The van der Waals surface area contributed by atoms with E-state index >= 15 is 0 Å². The fraction of sp³-hybridized carbons (Fsp3) is 0.310. The van der Waals surface area contributed by atoms with E-state index in [0.717, 1.165) is 4.31 Å². The Morgan fingerprint density at radius 3 is 2.17 bits per heavy atom. The zero-order chi connectivity index (χ0) is 30.2. The number of anilines is 1. The maximum Gasteiger partial charge on any atom is 0.264 e. The summed E-state index contributed by atoms with van der Waals surface area (Å²) in [7, 11) is -1.33. The van der Waals surface area contributed by atoms with Crippen LogP contribution < -0.4 is 19.1 Å². The highest BCUT2D eigenvalue weighted by Gasteiger charge is 2.34. The average Bonchev–Trinajstić information content (AvgIpc) is 2.97. The fourth-order valence-corrected chi connectivity index (χ4v) is 6.02. The number of rotatable bonds is 13. The van der Waals surface area contributed by atoms with E-state index in [2.05, 4.69) is 5.32 Å². The van der Waals surface area contributed by atoms with Crippen molar-refractivity contribution in [1.82, 2.24) is 10.2 Å². The highest BCUT2D eigenvalue weighted by Crippen LogP contribution is 2.34. The van der Waals surface area contributed by atoms with Crippen molar-refractivity contribution in [2.45, 2.75) is 37.8 Å². The predicted molar refractivity (Wildman–Crippen MR) is 160 cm³/mol. The molecule has 0 aliphatic carbocycles. The number of halogens is 2. The van der Waals surface area contributed by atoms with Crippen LogP contribution in [0.25, 0.3) is 0 Å². The van der Waals surface area contributed by atoms with Gasteiger partial charge in [-0.1, -0.05) is 54.4 Å². The largest absolute Gasteiger partial charge is 0.493 e. The van der Waals surface area contributed by atoms with E-state index in [1.165, 1.54) is 43.4 Å². The monoisotopic (exact) mass is 621 g/mol. The Labute approximate surface area is 251 Å². The normalized spacial score (nSPS) is 11.9. The number of ether oxygens (including phenoxy) is 2. The number of benzene rings is 3. The molecule has 9 nitrogen and oxygen atoms in total. The summed E-state index contributed by atoms with van der Waals surface area (Å²) in [5.74, 6) is -0.272. The van der Waals surface area contributed by atoms with Gasteiger partial charge in [-0.3, -0.25) is 13.9 Å². The van der Waals surface area contributed by atoms with Crippen LogP contribution in [-0.2, 0) is 26.2 Å². The van der Waals surface area contributed by atoms with Crippen LogP contribution in [0.15, 0.2) is 71.6 Å². The van der Waals surface area contributed by atoms with Gasteiger partial charge >= 0.3 is 0 Å². The topological polar surface area (TPSA) is 105 Å². The highest BCUT2D eigenvalue weighted by atomic mass is 35.5. The molecule has 2 amide bonds. The second kappa shape index (κ2) is 14.4. The van der Waals surface area contributed by atoms with E-state index in [0.29, 0.717) is 34.3 Å². The van der Waals surface area contributed by atoms with Crippen molar-refractivity contribution in [2.75, 3.05) is 31.6 Å². The van der Waals surface area contributed by atoms with Gasteiger partial charge in [0.2, 0.25) is 11.8 Å². The maximum absolute atomic E-state index is 14.1. The number of hydrogen-bond donors (Lipinski definition) is 1. The summed E-state index contributed by atoms with van der Waals surface area (Å²) < 4.78 is 39.6. The molecule has 0 spiro atoms. The van der Waals surface area contributed by atoms with Crippen LogP contribution in [0.3, 0.4) is 0 Å². The molecule has 0 aliphatic heterocycles. The van der Waals surface area contributed by atoms with Gasteiger partial charge in [0.15, 0.2) is 11.5 Å². The number of carbonyl (C=O) groups excluding carboxylic acids is 2. The summed E-state index contributed by atoms with van der Waals surface area (Å²) in [6.07, 6.45) is 0.292. The number of likely N-dealkylation sites (N-methyl/N-ethyl adjacent to an activating group) is 1. The Morgan fingerprint density at radius 2 is 1.59 bits per heavy atom. The molecule has 0 radical (unpaired) electrons. The summed E-state index contributed by atoms with van der Waals surface area (Å²) >= 11 is 12.3. The van der Waals surface area contributed by atoms with E-state index in [-0.39, 0.29) is 28.8 Å². The third-order valence-corrected chi connectivity index (χ3v) is 8.87. The number of sulfonamides is 1. The van der Waals surface area contributed by atoms with Crippen LogP contribution in [0, 0.1) is 0 Å². The summed E-state index contributed by atoms with van der Waals surface area (Å²) in [4.78, 5) is 28.5. The molecule has 41 heavy (non-hydrogen) atoms. The Balaban J connectivity index is 2.11. The molecule has 0 bridgehead atoms. The lowest BCUT2D eigenvalue weighted by Crippen LogP contribution is -2.52. The van der Waals surface area contributed by atoms with Crippen molar-refractivity contribution >= 4 is 50.7 Å². The molecular weight excluding hydrogens is 589 g/mol. The molecule has 0 saturated carbocycles. The molecular formula is C29H33Cl2N3O6S. The van der Waals surface area contributed by atoms with Gasteiger partial charge in [0.1, 0.15) is 12.6 Å². The molecule has 0 heterocycles. The van der Waals surface area contributed by atoms with Crippen LogP contribution in [0.4, 0.5) is 5.69 Å². The average molecular weight is 623 g/mol. The predicted octanol–water partition coefficient (Wildman–Crippen LogP) is 5.15. The maximum atomic E-state index is 14.1. The second-order valence-electron chi connectivity index (χ2n) is 8.95. The first-order valence-electron chi connectivity index (χ1n) is 12.9. The first-order chi connectivity index (χ1) is 19.6. The van der Waals surface area contributed by atoms with Gasteiger partial charge in [-0.05, 0) is 55.3 Å². The molecule has 3 rings (SSSR count). The lowest BCUT2D eigenvalue weighted by molar-refractivity contribution is -0.140. The SMILES string of the molecule is CCNC(=O)[C@H](CC)N(Cc1ccc(Cl)c(Cl)c1)C(=O)CN(c1ccc(OC)c(OC)c1)S(=O)(=O)c1ccccc1. The Hall–Kier alpha value is -3.47. The minimum absolute atomic E-state index is 0.00345. The van der Waals surface area contributed by atoms with E-state index in [9.17, 15) is 18.0 Å². The number of nitrogens with one attached hydrogen (secondary N) is 1. The summed E-state index contributed by atoms with van der Waals surface area (Å²) in [6.45, 7) is 3.33. The zero-order valence-electron chi connectivity index (χ0n) is 23.3. The van der Waals surface area contributed by atoms with Gasteiger partial charge in [0.05, 0.1) is 34.8 Å². The van der Waals surface area contributed by atoms with Gasteiger partial charge < -0.3 is 19.7 Å². The highest BCUT2D eigenvalue weighted by molar-refractivity contribution is 7.92. The molecule has 0 aliphatic rings. The van der Waals surface area contributed by atoms with Gasteiger partial charge in [-0.25, -0.2) is 8.42 Å². The number of carbonyl (C=O) groups is 2. The Morgan fingerprint density at radius 1 is 0.902 bits per heavy atom. The van der Waals surface area contributed by atoms with Crippen molar-refractivity contribution in [3.8, 4) is 11.5 Å². The Kier molecular flexibility index (Phi) is 11.3. The number of amides is 2. The molecule has 3 aromatic carbocycles. The molecule has 0 aromatic heterocycles. The molecule has 1 atom stereocenters. The van der Waals surface area contributed by atoms with Gasteiger partial charge in [-0.2, -0.15) is 0 Å². The van der Waals surface area contributed by atoms with E-state index in [1.807, 2.05) is 0 Å². The quantitative estimate of drug-likeness (QED) is 0.283. The standard InChI is InChI=1S/C29H33Cl2N3O6S/c1-5-25(29(36)32-6-2)33(18-20-12-14-23(30)24(31)16-20)28(35)19-34(41(37,38)22-10-8-7-9-11-22)21-13-15-26(39-3)27(17-21)40-4/h7-17,25H,5-6,18-19H2,1-4H3,(H,32,36)/t25-/m0/s1. The van der Waals surface area contributed by atoms with E-state index in [1.54, 1.807) is 56.3 Å². The molecule has 3 aromatic rings. The van der Waals surface area contributed by atoms with E-state index in [4.69, 9.17) is 32.7 Å². The van der Waals surface area contributed by atoms with Crippen molar-refractivity contribution in [1.29, 1.82) is 0 Å². The van der Waals surface area contributed by atoms with Crippen LogP contribution >= 0.6 is 23.2 Å². The lowest BCUT2D eigenvalue weighted by Gasteiger charge is -2.33. The Bertz CT molecular complexity index is 1470. The number of methoxy groups -OCH3 is 2. The second-order valence-corrected chi connectivity index (χ2v) is 11.6. The van der Waals surface area contributed by atoms with Crippen LogP contribution in [0.2, 0.25) is 10.0 Å². The number of nitrogens with zero attached hydrogens (tertiary/aromatic N) is 2. The third-order valence-electron chi connectivity index (χ3n) is 6.34. The summed E-state index contributed by atoms with van der Waals surface area (Å²) in [5, 5.41) is 3.40. The van der Waals surface area contributed by atoms with Gasteiger partial charge in [-0.15, -0.1) is 0 Å². The number of hydrogen-bond acceptors (Lipinski definition) is 6. The molecule has 12 heteroatoms. The minimum Gasteiger partial charge on any atom is -0.493 e. The van der Waals surface area contributed by atoms with Crippen molar-refractivity contribution in [2.24, 2.45) is 0 Å². The smallest absolute Gasteiger partial charge is 0.264 e. The van der Waals surface area contributed by atoms with Gasteiger partial charge in [0, 0.05) is 19.2 Å². The minimum atomic E-state index is -4.22. The third kappa shape index (κ3) is 7.63. The summed E-state index contributed by atoms with van der Waals surface area (Å²) in [5.41, 5.74) is 0.805. The molecule has 0 fully saturated rings. The van der Waals surface area contributed by atoms with Crippen LogP contribution in [0.5, 0.6) is 11.5 Å². The molecule has 220 valence electrons. The van der Waals surface area contributed by atoms with Crippen molar-refractivity contribution < 1.29 is 27.5 Å². The molecule has 1 N–H and O–H groups in total. The van der Waals surface area contributed by atoms with Crippen molar-refractivity contribution in [3.05, 3.63) is 82.3 Å². The molecule has 0 unspecified atom stereocenters.